The summed E-state index contributed by atoms with van der Waals surface area (Å²) in [4.78, 5) is 30.7. The van der Waals surface area contributed by atoms with Crippen molar-refractivity contribution in [3.63, 3.8) is 0 Å². The van der Waals surface area contributed by atoms with Gasteiger partial charge in [-0.3, -0.25) is 9.59 Å². The highest BCUT2D eigenvalue weighted by atomic mass is 19.4. The van der Waals surface area contributed by atoms with Crippen LogP contribution in [0.1, 0.15) is 56.9 Å². The molecule has 5 rings (SSSR count). The number of aromatic nitrogens is 3. The predicted molar refractivity (Wildman–Crippen MR) is 132 cm³/mol. The number of ether oxygens (including phenoxy) is 1. The largest absolute Gasteiger partial charge is 0.484 e. The fraction of sp³-hybridized carbons (Fsp3) is 0.370. The molecule has 1 atom stereocenters. The number of alkyl halides is 3. The number of benzene rings is 1. The molecule has 9 nitrogen and oxygen atoms in total. The Labute approximate surface area is 222 Å². The van der Waals surface area contributed by atoms with Crippen LogP contribution in [0.2, 0.25) is 0 Å². The van der Waals surface area contributed by atoms with E-state index in [0.717, 1.165) is 18.4 Å². The minimum atomic E-state index is -4.43. The molecule has 2 amide bonds. The van der Waals surface area contributed by atoms with Gasteiger partial charge in [0.1, 0.15) is 17.5 Å². The number of aryl methyl sites for hydroxylation is 1. The van der Waals surface area contributed by atoms with Gasteiger partial charge in [-0.1, -0.05) is 12.1 Å². The molecule has 1 saturated carbocycles. The van der Waals surface area contributed by atoms with Crippen molar-refractivity contribution in [2.45, 2.75) is 44.3 Å². The van der Waals surface area contributed by atoms with E-state index in [0.29, 0.717) is 48.8 Å². The van der Waals surface area contributed by atoms with E-state index in [9.17, 15) is 22.8 Å². The van der Waals surface area contributed by atoms with E-state index in [1.54, 1.807) is 30.3 Å². The van der Waals surface area contributed by atoms with Crippen LogP contribution in [-0.4, -0.2) is 51.9 Å². The number of halogens is 3. The summed E-state index contributed by atoms with van der Waals surface area (Å²) in [5.41, 5.74) is 1.85. The number of carbonyl (C=O) groups excluding carboxylic acids is 2. The molecule has 0 bridgehead atoms. The van der Waals surface area contributed by atoms with Crippen LogP contribution in [0, 0.1) is 17.2 Å². The lowest BCUT2D eigenvalue weighted by atomic mass is 9.95. The van der Waals surface area contributed by atoms with Gasteiger partial charge in [0.2, 0.25) is 0 Å². The molecular formula is C27H25F3N6O3. The van der Waals surface area contributed by atoms with Crippen molar-refractivity contribution in [2.24, 2.45) is 5.92 Å². The molecule has 12 heteroatoms. The lowest BCUT2D eigenvalue weighted by Gasteiger charge is -2.23. The molecule has 0 spiro atoms. The lowest BCUT2D eigenvalue weighted by Crippen LogP contribution is -2.42. The summed E-state index contributed by atoms with van der Waals surface area (Å²) in [7, 11) is 0. The first-order valence-electron chi connectivity index (χ1n) is 12.6. The van der Waals surface area contributed by atoms with E-state index in [2.05, 4.69) is 20.7 Å². The Kier molecular flexibility index (Phi) is 7.24. The van der Waals surface area contributed by atoms with Gasteiger partial charge in [-0.05, 0) is 61.4 Å². The minimum Gasteiger partial charge on any atom is -0.484 e. The summed E-state index contributed by atoms with van der Waals surface area (Å²) in [6.07, 6.45) is 0.386. The topological polar surface area (TPSA) is 122 Å². The third kappa shape index (κ3) is 6.37. The Morgan fingerprint density at radius 3 is 2.77 bits per heavy atom. The second kappa shape index (κ2) is 10.8. The van der Waals surface area contributed by atoms with Crippen molar-refractivity contribution in [1.82, 2.24) is 25.4 Å². The average Bonchev–Trinajstić information content (AvgIpc) is 3.67. The molecule has 3 heterocycles. The van der Waals surface area contributed by atoms with Crippen LogP contribution in [0.4, 0.5) is 13.2 Å². The summed E-state index contributed by atoms with van der Waals surface area (Å²) < 4.78 is 43.6. The summed E-state index contributed by atoms with van der Waals surface area (Å²) >= 11 is 0. The first-order valence-corrected chi connectivity index (χ1v) is 12.6. The molecule has 1 aliphatic carbocycles. The summed E-state index contributed by atoms with van der Waals surface area (Å²) in [6.45, 7) is -0.860. The van der Waals surface area contributed by atoms with Crippen LogP contribution < -0.4 is 15.4 Å². The van der Waals surface area contributed by atoms with Crippen LogP contribution in [-0.2, 0) is 12.8 Å². The zero-order chi connectivity index (χ0) is 27.6. The molecule has 1 aromatic carbocycles. The van der Waals surface area contributed by atoms with Crippen molar-refractivity contribution >= 4 is 11.8 Å². The number of rotatable bonds is 9. The van der Waals surface area contributed by atoms with Crippen LogP contribution in [0.15, 0.2) is 42.6 Å². The van der Waals surface area contributed by atoms with Gasteiger partial charge in [0, 0.05) is 25.2 Å². The molecule has 3 aromatic rings. The van der Waals surface area contributed by atoms with Crippen molar-refractivity contribution in [1.29, 1.82) is 5.26 Å². The molecule has 1 unspecified atom stereocenters. The van der Waals surface area contributed by atoms with E-state index < -0.39 is 24.6 Å². The van der Waals surface area contributed by atoms with Crippen LogP contribution >= 0.6 is 0 Å². The second-order valence-electron chi connectivity index (χ2n) is 9.72. The van der Waals surface area contributed by atoms with Crippen LogP contribution in [0.25, 0.3) is 5.82 Å². The van der Waals surface area contributed by atoms with Gasteiger partial charge in [0.05, 0.1) is 16.8 Å². The van der Waals surface area contributed by atoms with E-state index in [4.69, 9.17) is 10.00 Å². The zero-order valence-corrected chi connectivity index (χ0v) is 20.8. The maximum Gasteiger partial charge on any atom is 0.422 e. The molecule has 39 heavy (non-hydrogen) atoms. The van der Waals surface area contributed by atoms with E-state index >= 15 is 0 Å². The monoisotopic (exact) mass is 538 g/mol. The fourth-order valence-corrected chi connectivity index (χ4v) is 4.45. The van der Waals surface area contributed by atoms with Gasteiger partial charge < -0.3 is 15.4 Å². The fourth-order valence-electron chi connectivity index (χ4n) is 4.45. The van der Waals surface area contributed by atoms with E-state index in [-0.39, 0.29) is 23.0 Å². The number of pyridine rings is 1. The molecule has 0 radical (unpaired) electrons. The Morgan fingerprint density at radius 1 is 1.26 bits per heavy atom. The third-order valence-electron chi connectivity index (χ3n) is 6.60. The number of nitrogens with one attached hydrogen (secondary N) is 2. The standard InChI is InChI=1S/C27H25F3N6O3/c28-27(29,30)15-39-20-3-1-2-16(10-20)6-8-19-11-21-23(25(37)34-19)24(26(38)33-13-17-4-5-17)36(35-21)22-9-7-18(12-31)14-32-22/h1-3,7,9-10,14,17,19H,4-6,8,11,13,15H2,(H,33,38)(H,34,37). The molecule has 1 aliphatic heterocycles. The number of amides is 2. The summed E-state index contributed by atoms with van der Waals surface area (Å²) in [5, 5.41) is 19.5. The van der Waals surface area contributed by atoms with Crippen molar-refractivity contribution in [2.75, 3.05) is 13.2 Å². The normalized spacial score (nSPS) is 16.7. The van der Waals surface area contributed by atoms with Gasteiger partial charge in [-0.2, -0.15) is 23.5 Å². The number of carbonyl (C=O) groups is 2. The second-order valence-corrected chi connectivity index (χ2v) is 9.72. The summed E-state index contributed by atoms with van der Waals surface area (Å²) in [5.74, 6) is 0.00566. The predicted octanol–water partition coefficient (Wildman–Crippen LogP) is 3.51. The Hall–Kier alpha value is -4.40. The Bertz CT molecular complexity index is 1420. The van der Waals surface area contributed by atoms with Gasteiger partial charge in [-0.25, -0.2) is 9.67 Å². The highest BCUT2D eigenvalue weighted by molar-refractivity contribution is 6.08. The van der Waals surface area contributed by atoms with Crippen molar-refractivity contribution < 1.29 is 27.5 Å². The van der Waals surface area contributed by atoms with Crippen LogP contribution in [0.5, 0.6) is 5.75 Å². The van der Waals surface area contributed by atoms with Crippen molar-refractivity contribution in [3.8, 4) is 17.6 Å². The Morgan fingerprint density at radius 2 is 2.08 bits per heavy atom. The molecule has 202 valence electrons. The number of nitriles is 1. The quantitative estimate of drug-likeness (QED) is 0.430. The molecular weight excluding hydrogens is 513 g/mol. The summed E-state index contributed by atoms with van der Waals surface area (Å²) in [6, 6.07) is 11.2. The van der Waals surface area contributed by atoms with Crippen LogP contribution in [0.3, 0.4) is 0 Å². The number of hydrogen-bond acceptors (Lipinski definition) is 6. The van der Waals surface area contributed by atoms with E-state index in [1.807, 2.05) is 6.07 Å². The average molecular weight is 539 g/mol. The molecule has 2 aliphatic rings. The Balaban J connectivity index is 1.34. The van der Waals surface area contributed by atoms with Crippen molar-refractivity contribution in [3.05, 3.63) is 70.7 Å². The molecule has 1 fully saturated rings. The molecule has 0 saturated heterocycles. The molecule has 2 aromatic heterocycles. The zero-order valence-electron chi connectivity index (χ0n) is 20.8. The van der Waals surface area contributed by atoms with Gasteiger partial charge in [0.15, 0.2) is 12.4 Å². The lowest BCUT2D eigenvalue weighted by molar-refractivity contribution is -0.153. The highest BCUT2D eigenvalue weighted by Gasteiger charge is 2.35. The third-order valence-corrected chi connectivity index (χ3v) is 6.60. The number of fused-ring (bicyclic) bond motifs is 1. The maximum atomic E-state index is 13.2. The number of hydrogen-bond donors (Lipinski definition) is 2. The van der Waals surface area contributed by atoms with Gasteiger partial charge in [-0.15, -0.1) is 0 Å². The molecule has 2 N–H and O–H groups in total. The first kappa shape index (κ1) is 26.2. The maximum absolute atomic E-state index is 13.2. The SMILES string of the molecule is N#Cc1ccc(-n2nc3c(c2C(=O)NCC2CC2)C(=O)NC(CCc2cccc(OCC(F)(F)F)c2)C3)nc1. The minimum absolute atomic E-state index is 0.0910. The number of nitrogens with zero attached hydrogens (tertiary/aromatic N) is 4. The van der Waals surface area contributed by atoms with E-state index in [1.165, 1.54) is 16.9 Å². The smallest absolute Gasteiger partial charge is 0.422 e. The first-order chi connectivity index (χ1) is 18.7. The van der Waals surface area contributed by atoms with Gasteiger partial charge in [0.25, 0.3) is 11.8 Å². The van der Waals surface area contributed by atoms with Gasteiger partial charge >= 0.3 is 6.18 Å². The highest BCUT2D eigenvalue weighted by Crippen LogP contribution is 2.29.